The molecule has 126 valence electrons. The number of hydrogen-bond donors (Lipinski definition) is 2. The second-order valence-electron chi connectivity index (χ2n) is 6.36. The first-order valence-corrected chi connectivity index (χ1v) is 7.93. The summed E-state index contributed by atoms with van der Waals surface area (Å²) in [6, 6.07) is 6.69. The van der Waals surface area contributed by atoms with Crippen LogP contribution in [-0.2, 0) is 9.59 Å². The van der Waals surface area contributed by atoms with Crippen LogP contribution in [-0.4, -0.2) is 39.5 Å². The van der Waals surface area contributed by atoms with Crippen molar-refractivity contribution >= 4 is 22.8 Å². The largest absolute Gasteiger partial charge is 0.480 e. The fourth-order valence-electron chi connectivity index (χ4n) is 2.93. The summed E-state index contributed by atoms with van der Waals surface area (Å²) in [6.45, 7) is 4.05. The number of carbonyl (C=O) groups is 2. The second kappa shape index (κ2) is 6.39. The van der Waals surface area contributed by atoms with E-state index in [4.69, 9.17) is 4.74 Å². The number of amides is 1. The van der Waals surface area contributed by atoms with Crippen LogP contribution in [0, 0.1) is 5.92 Å². The first kappa shape index (κ1) is 16.1. The Kier molecular flexibility index (Phi) is 4.29. The molecular weight excluding hydrogens is 308 g/mol. The highest BCUT2D eigenvalue weighted by molar-refractivity contribution is 5.94. The van der Waals surface area contributed by atoms with Crippen LogP contribution in [0.1, 0.15) is 20.3 Å². The molecule has 0 saturated carbocycles. The molecule has 6 heteroatoms. The maximum absolute atomic E-state index is 12.2. The number of carboxylic acid groups (broad SMARTS) is 1. The molecule has 1 aliphatic rings. The zero-order chi connectivity index (χ0) is 17.3. The van der Waals surface area contributed by atoms with Crippen molar-refractivity contribution in [1.82, 2.24) is 9.88 Å². The third-order valence-corrected chi connectivity index (χ3v) is 4.05. The molecule has 24 heavy (non-hydrogen) atoms. The van der Waals surface area contributed by atoms with Crippen molar-refractivity contribution in [1.29, 1.82) is 0 Å². The number of aliphatic carboxylic acids is 1. The Labute approximate surface area is 139 Å². The number of nitrogens with zero attached hydrogens (tertiary/aromatic N) is 1. The van der Waals surface area contributed by atoms with E-state index in [1.54, 1.807) is 0 Å². The lowest BCUT2D eigenvalue weighted by atomic mass is 10.0. The monoisotopic (exact) mass is 328 g/mol. The third kappa shape index (κ3) is 3.13. The summed E-state index contributed by atoms with van der Waals surface area (Å²) in [5.74, 6) is -0.0229. The highest BCUT2D eigenvalue weighted by Crippen LogP contribution is 2.28. The Balaban J connectivity index is 1.77. The molecule has 2 heterocycles. The van der Waals surface area contributed by atoms with Gasteiger partial charge in [-0.25, -0.2) is 4.79 Å². The average molecular weight is 328 g/mol. The van der Waals surface area contributed by atoms with E-state index in [1.807, 2.05) is 44.3 Å². The summed E-state index contributed by atoms with van der Waals surface area (Å²) in [4.78, 5) is 28.2. The van der Waals surface area contributed by atoms with E-state index in [9.17, 15) is 14.7 Å². The molecule has 0 fully saturated rings. The molecule has 0 spiro atoms. The molecule has 0 bridgehead atoms. The van der Waals surface area contributed by atoms with Gasteiger partial charge in [-0.2, -0.15) is 0 Å². The summed E-state index contributed by atoms with van der Waals surface area (Å²) < 4.78 is 5.87. The normalized spacial score (nSPS) is 15.9. The summed E-state index contributed by atoms with van der Waals surface area (Å²) in [6.07, 6.45) is 3.61. The number of rotatable bonds is 6. The summed E-state index contributed by atoms with van der Waals surface area (Å²) in [5, 5.41) is 10.3. The van der Waals surface area contributed by atoms with Gasteiger partial charge in [-0.1, -0.05) is 19.9 Å². The Morgan fingerprint density at radius 3 is 2.88 bits per heavy atom. The SMILES string of the molecule is CC(C)C[C@@H](C(=O)O)N1CC(Oc2cccc3[nH]ccc23)=CC1=O. The first-order valence-electron chi connectivity index (χ1n) is 7.93. The van der Waals surface area contributed by atoms with Crippen molar-refractivity contribution in [2.75, 3.05) is 6.54 Å². The van der Waals surface area contributed by atoms with Crippen LogP contribution < -0.4 is 4.74 Å². The van der Waals surface area contributed by atoms with Crippen LogP contribution in [0.2, 0.25) is 0 Å². The smallest absolute Gasteiger partial charge is 0.326 e. The summed E-state index contributed by atoms with van der Waals surface area (Å²) >= 11 is 0. The van der Waals surface area contributed by atoms with Gasteiger partial charge in [0, 0.05) is 23.2 Å². The van der Waals surface area contributed by atoms with Crippen LogP contribution >= 0.6 is 0 Å². The van der Waals surface area contributed by atoms with Gasteiger partial charge >= 0.3 is 5.97 Å². The van der Waals surface area contributed by atoms with Crippen LogP contribution in [0.3, 0.4) is 0 Å². The fourth-order valence-corrected chi connectivity index (χ4v) is 2.93. The van der Waals surface area contributed by atoms with Crippen molar-refractivity contribution in [3.63, 3.8) is 0 Å². The number of carbonyl (C=O) groups excluding carboxylic acids is 1. The Hall–Kier alpha value is -2.76. The standard InChI is InChI=1S/C18H20N2O4/c1-11(2)8-15(18(22)23)20-10-12(9-17(20)21)24-16-5-3-4-14-13(16)6-7-19-14/h3-7,9,11,15,19H,8,10H2,1-2H3,(H,22,23)/t15-/m0/s1. The van der Waals surface area contributed by atoms with Gasteiger partial charge in [0.2, 0.25) is 0 Å². The van der Waals surface area contributed by atoms with Gasteiger partial charge in [0.1, 0.15) is 17.6 Å². The third-order valence-electron chi connectivity index (χ3n) is 4.05. The van der Waals surface area contributed by atoms with E-state index in [1.165, 1.54) is 11.0 Å². The van der Waals surface area contributed by atoms with Gasteiger partial charge in [-0.15, -0.1) is 0 Å². The molecule has 1 amide bonds. The van der Waals surface area contributed by atoms with Crippen LogP contribution in [0.4, 0.5) is 0 Å². The van der Waals surface area contributed by atoms with Crippen molar-refractivity contribution in [2.45, 2.75) is 26.3 Å². The van der Waals surface area contributed by atoms with Crippen LogP contribution in [0.5, 0.6) is 5.75 Å². The molecule has 2 N–H and O–H groups in total. The van der Waals surface area contributed by atoms with Crippen molar-refractivity contribution in [3.05, 3.63) is 42.3 Å². The van der Waals surface area contributed by atoms with Crippen LogP contribution in [0.15, 0.2) is 42.3 Å². The van der Waals surface area contributed by atoms with Crippen LogP contribution in [0.25, 0.3) is 10.9 Å². The summed E-state index contributed by atoms with van der Waals surface area (Å²) in [7, 11) is 0. The number of aromatic nitrogens is 1. The lowest BCUT2D eigenvalue weighted by Crippen LogP contribution is -2.43. The maximum atomic E-state index is 12.2. The zero-order valence-electron chi connectivity index (χ0n) is 13.7. The van der Waals surface area contributed by atoms with E-state index in [-0.39, 0.29) is 18.4 Å². The minimum atomic E-state index is -0.987. The van der Waals surface area contributed by atoms with E-state index in [2.05, 4.69) is 4.98 Å². The van der Waals surface area contributed by atoms with E-state index >= 15 is 0 Å². The number of hydrogen-bond acceptors (Lipinski definition) is 3. The molecule has 0 unspecified atom stereocenters. The molecule has 6 nitrogen and oxygen atoms in total. The topological polar surface area (TPSA) is 82.6 Å². The van der Waals surface area contributed by atoms with Gasteiger partial charge in [0.05, 0.1) is 6.54 Å². The number of aromatic amines is 1. The summed E-state index contributed by atoms with van der Waals surface area (Å²) in [5.41, 5.74) is 0.942. The van der Waals surface area contributed by atoms with E-state index in [0.717, 1.165) is 10.9 Å². The molecular formula is C18H20N2O4. The van der Waals surface area contributed by atoms with Crippen molar-refractivity contribution < 1.29 is 19.4 Å². The zero-order valence-corrected chi connectivity index (χ0v) is 13.7. The Bertz CT molecular complexity index is 806. The van der Waals surface area contributed by atoms with Crippen molar-refractivity contribution in [3.8, 4) is 5.75 Å². The predicted octanol–water partition coefficient (Wildman–Crippen LogP) is 2.77. The first-order chi connectivity index (χ1) is 11.5. The maximum Gasteiger partial charge on any atom is 0.326 e. The quantitative estimate of drug-likeness (QED) is 0.854. The van der Waals surface area contributed by atoms with Gasteiger partial charge in [0.25, 0.3) is 5.91 Å². The second-order valence-corrected chi connectivity index (χ2v) is 6.36. The van der Waals surface area contributed by atoms with Crippen molar-refractivity contribution in [2.24, 2.45) is 5.92 Å². The Morgan fingerprint density at radius 1 is 1.38 bits per heavy atom. The average Bonchev–Trinajstić information content (AvgIpc) is 3.11. The number of ether oxygens (including phenoxy) is 1. The van der Waals surface area contributed by atoms with Gasteiger partial charge in [-0.05, 0) is 30.5 Å². The van der Waals surface area contributed by atoms with Gasteiger partial charge in [0.15, 0.2) is 0 Å². The highest BCUT2D eigenvalue weighted by atomic mass is 16.5. The number of H-pyrrole nitrogens is 1. The highest BCUT2D eigenvalue weighted by Gasteiger charge is 2.34. The van der Waals surface area contributed by atoms with E-state index < -0.39 is 12.0 Å². The lowest BCUT2D eigenvalue weighted by molar-refractivity contribution is -0.148. The molecule has 3 rings (SSSR count). The fraction of sp³-hybridized carbons (Fsp3) is 0.333. The molecule has 0 saturated heterocycles. The predicted molar refractivity (Wildman–Crippen MR) is 89.6 cm³/mol. The molecule has 1 aromatic heterocycles. The van der Waals surface area contributed by atoms with E-state index in [0.29, 0.717) is 17.9 Å². The molecule has 1 aromatic carbocycles. The number of benzene rings is 1. The lowest BCUT2D eigenvalue weighted by Gasteiger charge is -2.25. The molecule has 1 atom stereocenters. The number of fused-ring (bicyclic) bond motifs is 1. The molecule has 0 radical (unpaired) electrons. The molecule has 2 aromatic rings. The molecule has 0 aliphatic carbocycles. The van der Waals surface area contributed by atoms with Gasteiger partial charge in [-0.3, -0.25) is 4.79 Å². The molecule has 1 aliphatic heterocycles. The Morgan fingerprint density at radius 2 is 2.17 bits per heavy atom. The number of carboxylic acids is 1. The minimum Gasteiger partial charge on any atom is -0.480 e. The number of nitrogens with one attached hydrogen (secondary N) is 1. The van der Waals surface area contributed by atoms with Gasteiger partial charge < -0.3 is 19.7 Å². The minimum absolute atomic E-state index is 0.170.